The van der Waals surface area contributed by atoms with E-state index < -0.39 is 0 Å². The molecule has 1 N–H and O–H groups in total. The van der Waals surface area contributed by atoms with E-state index in [1.54, 1.807) is 7.11 Å². The Balaban J connectivity index is 2.54. The number of benzene rings is 2. The Kier molecular flexibility index (Phi) is 5.24. The molecular weight excluding hydrogens is 282 g/mol. The second-order valence-corrected chi connectivity index (χ2v) is 4.87. The second kappa shape index (κ2) is 7.36. The molecule has 2 aromatic carbocycles. The van der Waals surface area contributed by atoms with Gasteiger partial charge in [0.15, 0.2) is 11.4 Å². The van der Waals surface area contributed by atoms with Crippen LogP contribution in [0.4, 0.5) is 5.69 Å². The zero-order valence-electron chi connectivity index (χ0n) is 11.8. The number of thioether (sulfide) groups is 1. The van der Waals surface area contributed by atoms with Crippen LogP contribution in [0.3, 0.4) is 0 Å². The van der Waals surface area contributed by atoms with Gasteiger partial charge in [0.1, 0.15) is 5.75 Å². The number of hydrogen-bond donors (Lipinski definition) is 1. The summed E-state index contributed by atoms with van der Waals surface area (Å²) in [5, 5.41) is 11.9. The normalized spacial score (nSPS) is 10.8. The fourth-order valence-electron chi connectivity index (χ4n) is 1.95. The topological polar surface area (TPSA) is 57.4 Å². The standard InChI is InChI=1S/C16H15N3OS/c1-20-15-10-6-4-8-13(15)12-7-3-5-9-14(12)19-16(21-2)18-11-17/h3-10H,1-2H3,(H,18,19). The number of para-hydroxylation sites is 2. The third-order valence-corrected chi connectivity index (χ3v) is 3.46. The van der Waals surface area contributed by atoms with Gasteiger partial charge >= 0.3 is 0 Å². The van der Waals surface area contributed by atoms with Crippen LogP contribution < -0.4 is 10.1 Å². The molecule has 106 valence electrons. The van der Waals surface area contributed by atoms with Crippen molar-refractivity contribution in [2.24, 2.45) is 4.99 Å². The summed E-state index contributed by atoms with van der Waals surface area (Å²) in [6.07, 6.45) is 3.76. The van der Waals surface area contributed by atoms with Gasteiger partial charge in [-0.2, -0.15) is 5.26 Å². The number of methoxy groups -OCH3 is 1. The number of hydrogen-bond acceptors (Lipinski definition) is 4. The van der Waals surface area contributed by atoms with Crippen LogP contribution in [0.5, 0.6) is 5.75 Å². The van der Waals surface area contributed by atoms with E-state index in [1.807, 2.05) is 61.0 Å². The summed E-state index contributed by atoms with van der Waals surface area (Å²) < 4.78 is 5.41. The Bertz CT molecular complexity index is 692. The van der Waals surface area contributed by atoms with Crippen molar-refractivity contribution in [3.63, 3.8) is 0 Å². The first-order valence-corrected chi connectivity index (χ1v) is 7.53. The molecule has 21 heavy (non-hydrogen) atoms. The molecule has 0 unspecified atom stereocenters. The van der Waals surface area contributed by atoms with Gasteiger partial charge in [-0.3, -0.25) is 5.32 Å². The molecule has 2 rings (SSSR count). The van der Waals surface area contributed by atoms with Gasteiger partial charge in [-0.05, 0) is 18.4 Å². The van der Waals surface area contributed by atoms with E-state index >= 15 is 0 Å². The van der Waals surface area contributed by atoms with Crippen LogP contribution >= 0.6 is 11.8 Å². The van der Waals surface area contributed by atoms with Crippen molar-refractivity contribution in [3.05, 3.63) is 48.5 Å². The number of rotatable bonds is 3. The lowest BCUT2D eigenvalue weighted by Gasteiger charge is -2.11. The van der Waals surface area contributed by atoms with Gasteiger partial charge in [0.25, 0.3) is 0 Å². The maximum Gasteiger partial charge on any atom is 0.183 e. The minimum atomic E-state index is 0.555. The first-order chi connectivity index (χ1) is 10.3. The van der Waals surface area contributed by atoms with E-state index in [2.05, 4.69) is 10.3 Å². The lowest BCUT2D eigenvalue weighted by molar-refractivity contribution is 0.416. The highest BCUT2D eigenvalue weighted by Gasteiger charge is 2.09. The van der Waals surface area contributed by atoms with Crippen LogP contribution in [0, 0.1) is 11.5 Å². The number of amidine groups is 1. The minimum absolute atomic E-state index is 0.555. The maximum absolute atomic E-state index is 8.74. The van der Waals surface area contributed by atoms with Crippen molar-refractivity contribution >= 4 is 22.6 Å². The van der Waals surface area contributed by atoms with Crippen LogP contribution in [-0.4, -0.2) is 18.5 Å². The summed E-state index contributed by atoms with van der Waals surface area (Å²) >= 11 is 1.39. The summed E-state index contributed by atoms with van der Waals surface area (Å²) in [5.74, 6) is 0.791. The Morgan fingerprint density at radius 1 is 1.14 bits per heavy atom. The highest BCUT2D eigenvalue weighted by molar-refractivity contribution is 8.13. The monoisotopic (exact) mass is 297 g/mol. The smallest absolute Gasteiger partial charge is 0.183 e. The molecule has 0 saturated heterocycles. The van der Waals surface area contributed by atoms with Crippen molar-refractivity contribution in [1.29, 1.82) is 5.26 Å². The fourth-order valence-corrected chi connectivity index (χ4v) is 2.29. The molecule has 4 nitrogen and oxygen atoms in total. The Morgan fingerprint density at radius 2 is 1.81 bits per heavy atom. The van der Waals surface area contributed by atoms with Gasteiger partial charge in [0, 0.05) is 11.1 Å². The third kappa shape index (κ3) is 3.56. The van der Waals surface area contributed by atoms with Crippen molar-refractivity contribution in [2.75, 3.05) is 13.4 Å². The number of nitrogens with one attached hydrogen (secondary N) is 1. The van der Waals surface area contributed by atoms with Crippen molar-refractivity contribution in [2.45, 2.75) is 0 Å². The Hall–Kier alpha value is -2.45. The first kappa shape index (κ1) is 14.9. The average molecular weight is 297 g/mol. The summed E-state index contributed by atoms with van der Waals surface area (Å²) in [4.78, 5) is 4.51. The highest BCUT2D eigenvalue weighted by Crippen LogP contribution is 2.36. The molecule has 0 aliphatic heterocycles. The van der Waals surface area contributed by atoms with Crippen molar-refractivity contribution in [3.8, 4) is 23.1 Å². The van der Waals surface area contributed by atoms with Crippen LogP contribution in [-0.2, 0) is 0 Å². The van der Waals surface area contributed by atoms with Gasteiger partial charge in [0.05, 0.1) is 12.8 Å². The zero-order chi connectivity index (χ0) is 15.1. The molecule has 0 heterocycles. The number of ether oxygens (including phenoxy) is 1. The minimum Gasteiger partial charge on any atom is -0.496 e. The number of aliphatic imine (C=N–C) groups is 1. The molecule has 0 spiro atoms. The molecule has 0 fully saturated rings. The van der Waals surface area contributed by atoms with E-state index in [9.17, 15) is 0 Å². The van der Waals surface area contributed by atoms with Crippen LogP contribution in [0.15, 0.2) is 53.5 Å². The molecule has 0 aliphatic rings. The number of nitrogens with zero attached hydrogens (tertiary/aromatic N) is 2. The summed E-state index contributed by atoms with van der Waals surface area (Å²) in [7, 11) is 1.65. The molecule has 0 aliphatic carbocycles. The van der Waals surface area contributed by atoms with Gasteiger partial charge in [0.2, 0.25) is 0 Å². The van der Waals surface area contributed by atoms with Gasteiger partial charge in [-0.15, -0.1) is 0 Å². The van der Waals surface area contributed by atoms with E-state index in [-0.39, 0.29) is 0 Å². The van der Waals surface area contributed by atoms with Crippen LogP contribution in [0.1, 0.15) is 0 Å². The van der Waals surface area contributed by atoms with E-state index in [4.69, 9.17) is 10.00 Å². The van der Waals surface area contributed by atoms with Gasteiger partial charge in [-0.25, -0.2) is 4.99 Å². The SMILES string of the molecule is COc1ccccc1-c1ccccc1N=C(NC#N)SC. The van der Waals surface area contributed by atoms with Crippen molar-refractivity contribution < 1.29 is 4.74 Å². The molecule has 0 amide bonds. The predicted octanol–water partition coefficient (Wildman–Crippen LogP) is 3.78. The summed E-state index contributed by atoms with van der Waals surface area (Å²) in [6, 6.07) is 15.6. The molecule has 5 heteroatoms. The molecule has 0 saturated carbocycles. The quantitative estimate of drug-likeness (QED) is 0.405. The van der Waals surface area contributed by atoms with E-state index in [0.29, 0.717) is 5.17 Å². The largest absolute Gasteiger partial charge is 0.496 e. The lowest BCUT2D eigenvalue weighted by Crippen LogP contribution is -2.12. The van der Waals surface area contributed by atoms with Crippen LogP contribution in [0.25, 0.3) is 11.1 Å². The second-order valence-electron chi connectivity index (χ2n) is 4.08. The van der Waals surface area contributed by atoms with E-state index in [0.717, 1.165) is 22.6 Å². The van der Waals surface area contributed by atoms with Crippen LogP contribution in [0.2, 0.25) is 0 Å². The zero-order valence-corrected chi connectivity index (χ0v) is 12.6. The Labute approximate surface area is 128 Å². The molecule has 0 atom stereocenters. The molecule has 0 aromatic heterocycles. The van der Waals surface area contributed by atoms with Gasteiger partial charge < -0.3 is 4.74 Å². The maximum atomic E-state index is 8.74. The molecule has 2 aromatic rings. The lowest BCUT2D eigenvalue weighted by atomic mass is 10.0. The van der Waals surface area contributed by atoms with Crippen molar-refractivity contribution in [1.82, 2.24) is 5.32 Å². The van der Waals surface area contributed by atoms with Gasteiger partial charge in [-0.1, -0.05) is 48.2 Å². The first-order valence-electron chi connectivity index (χ1n) is 6.30. The molecule has 0 bridgehead atoms. The average Bonchev–Trinajstić information content (AvgIpc) is 2.55. The van der Waals surface area contributed by atoms with E-state index in [1.165, 1.54) is 11.8 Å². The molecular formula is C16H15N3OS. The summed E-state index contributed by atoms with van der Waals surface area (Å²) in [6.45, 7) is 0. The predicted molar refractivity (Wildman–Crippen MR) is 87.8 cm³/mol. The highest BCUT2D eigenvalue weighted by atomic mass is 32.2. The molecule has 0 radical (unpaired) electrons. The fraction of sp³-hybridized carbons (Fsp3) is 0.125. The summed E-state index contributed by atoms with van der Waals surface area (Å²) in [5.41, 5.74) is 2.71. The third-order valence-electron chi connectivity index (χ3n) is 2.88. The Morgan fingerprint density at radius 3 is 2.48 bits per heavy atom. The number of nitriles is 1.